The Balaban J connectivity index is 1.61. The summed E-state index contributed by atoms with van der Waals surface area (Å²) in [6.45, 7) is 6.37. The zero-order valence-corrected chi connectivity index (χ0v) is 15.5. The number of benzene rings is 1. The quantitative estimate of drug-likeness (QED) is 0.869. The zero-order valence-electron chi connectivity index (χ0n) is 15.5. The molecule has 3 heterocycles. The summed E-state index contributed by atoms with van der Waals surface area (Å²) >= 11 is 0. The molecule has 4 rings (SSSR count). The number of nitrogens with zero attached hydrogens (tertiary/aromatic N) is 4. The first-order chi connectivity index (χ1) is 13.2. The molecule has 0 unspecified atom stereocenters. The van der Waals surface area contributed by atoms with Crippen LogP contribution in [-0.4, -0.2) is 64.8 Å². The highest BCUT2D eigenvalue weighted by molar-refractivity contribution is 5.92. The number of anilines is 1. The van der Waals surface area contributed by atoms with Crippen LogP contribution in [0.5, 0.6) is 5.75 Å². The van der Waals surface area contributed by atoms with Crippen LogP contribution < -0.4 is 9.64 Å². The molecule has 27 heavy (non-hydrogen) atoms. The molecule has 0 amide bonds. The molecule has 0 spiro atoms. The van der Waals surface area contributed by atoms with E-state index in [1.54, 1.807) is 18.3 Å². The van der Waals surface area contributed by atoms with Crippen LogP contribution >= 0.6 is 0 Å². The van der Waals surface area contributed by atoms with E-state index < -0.39 is 5.97 Å². The third-order valence-corrected chi connectivity index (χ3v) is 5.32. The lowest BCUT2D eigenvalue weighted by Crippen LogP contribution is -2.50. The van der Waals surface area contributed by atoms with Crippen LogP contribution in [0.1, 0.15) is 30.1 Å². The molecule has 0 radical (unpaired) electrons. The van der Waals surface area contributed by atoms with Gasteiger partial charge in [0.2, 0.25) is 5.95 Å². The van der Waals surface area contributed by atoms with Gasteiger partial charge in [0.25, 0.3) is 0 Å². The summed E-state index contributed by atoms with van der Waals surface area (Å²) in [7, 11) is 0. The third-order valence-electron chi connectivity index (χ3n) is 5.32. The smallest absolute Gasteiger partial charge is 0.339 e. The summed E-state index contributed by atoms with van der Waals surface area (Å²) in [6, 6.07) is 7.57. The van der Waals surface area contributed by atoms with Gasteiger partial charge >= 0.3 is 5.97 Å². The van der Waals surface area contributed by atoms with E-state index in [2.05, 4.69) is 14.8 Å². The van der Waals surface area contributed by atoms with Crippen molar-refractivity contribution in [1.82, 2.24) is 14.9 Å². The van der Waals surface area contributed by atoms with Gasteiger partial charge in [0, 0.05) is 37.4 Å². The lowest BCUT2D eigenvalue weighted by Gasteiger charge is -2.37. The Morgan fingerprint density at radius 1 is 1.30 bits per heavy atom. The van der Waals surface area contributed by atoms with Crippen LogP contribution in [0, 0.1) is 0 Å². The number of aromatic carboxylic acids is 1. The fraction of sp³-hybridized carbons (Fsp3) is 0.450. The van der Waals surface area contributed by atoms with Gasteiger partial charge in [-0.25, -0.2) is 14.8 Å². The van der Waals surface area contributed by atoms with Crippen molar-refractivity contribution >= 4 is 11.9 Å². The summed E-state index contributed by atoms with van der Waals surface area (Å²) in [5, 5.41) is 9.48. The van der Waals surface area contributed by atoms with E-state index in [9.17, 15) is 9.90 Å². The Labute approximate surface area is 158 Å². The molecular formula is C20H24N4O3. The number of rotatable bonds is 5. The molecule has 2 aromatic rings. The number of carboxylic acids is 1. The Kier molecular flexibility index (Phi) is 4.94. The number of hydrogen-bond acceptors (Lipinski definition) is 6. The summed E-state index contributed by atoms with van der Waals surface area (Å²) in [6.07, 6.45) is 4.25. The maximum absolute atomic E-state index is 11.6. The SMILES string of the molecule is CCOc1ccc(-c2ccnc(N3CCN4CCC[C@@H]4C3)n2)cc1C(=O)O. The van der Waals surface area contributed by atoms with Crippen LogP contribution in [0.3, 0.4) is 0 Å². The molecular weight excluding hydrogens is 344 g/mol. The van der Waals surface area contributed by atoms with Crippen LogP contribution in [0.15, 0.2) is 30.5 Å². The summed E-state index contributed by atoms with van der Waals surface area (Å²) in [5.74, 6) is 0.0807. The number of ether oxygens (including phenoxy) is 1. The summed E-state index contributed by atoms with van der Waals surface area (Å²) < 4.78 is 5.42. The highest BCUT2D eigenvalue weighted by Crippen LogP contribution is 2.28. The van der Waals surface area contributed by atoms with Gasteiger partial charge in [0.05, 0.1) is 12.3 Å². The van der Waals surface area contributed by atoms with Crippen molar-refractivity contribution in [2.75, 3.05) is 37.7 Å². The predicted octanol–water partition coefficient (Wildman–Crippen LogP) is 2.52. The average Bonchev–Trinajstić information content (AvgIpc) is 3.16. The Bertz CT molecular complexity index is 842. The van der Waals surface area contributed by atoms with Crippen LogP contribution in [-0.2, 0) is 0 Å². The second-order valence-corrected chi connectivity index (χ2v) is 6.97. The maximum atomic E-state index is 11.6. The largest absolute Gasteiger partial charge is 0.493 e. The molecule has 1 N–H and O–H groups in total. The molecule has 7 heteroatoms. The number of aromatic nitrogens is 2. The van der Waals surface area contributed by atoms with Crippen molar-refractivity contribution < 1.29 is 14.6 Å². The van der Waals surface area contributed by atoms with Gasteiger partial charge in [-0.1, -0.05) is 0 Å². The molecule has 1 atom stereocenters. The van der Waals surface area contributed by atoms with Gasteiger partial charge in [-0.15, -0.1) is 0 Å². The topological polar surface area (TPSA) is 78.8 Å². The fourth-order valence-electron chi connectivity index (χ4n) is 3.97. The van der Waals surface area contributed by atoms with E-state index in [0.29, 0.717) is 24.3 Å². The van der Waals surface area contributed by atoms with Gasteiger partial charge in [0.15, 0.2) is 0 Å². The number of carboxylic acid groups (broad SMARTS) is 1. The standard InChI is InChI=1S/C20H24N4O3/c1-2-27-18-6-5-14(12-16(18)19(25)26)17-7-8-21-20(22-17)24-11-10-23-9-3-4-15(23)13-24/h5-8,12,15H,2-4,9-11,13H2,1H3,(H,25,26)/t15-/m1/s1. The molecule has 0 aliphatic carbocycles. The van der Waals surface area contributed by atoms with E-state index in [4.69, 9.17) is 9.72 Å². The van der Waals surface area contributed by atoms with Gasteiger partial charge in [-0.2, -0.15) is 0 Å². The van der Waals surface area contributed by atoms with E-state index in [1.807, 2.05) is 19.1 Å². The first-order valence-electron chi connectivity index (χ1n) is 9.48. The lowest BCUT2D eigenvalue weighted by atomic mass is 10.1. The number of hydrogen-bond donors (Lipinski definition) is 1. The number of carbonyl (C=O) groups is 1. The Morgan fingerprint density at radius 2 is 2.19 bits per heavy atom. The highest BCUT2D eigenvalue weighted by Gasteiger charge is 2.31. The van der Waals surface area contributed by atoms with Crippen molar-refractivity contribution in [3.8, 4) is 17.0 Å². The van der Waals surface area contributed by atoms with Crippen molar-refractivity contribution in [3.63, 3.8) is 0 Å². The van der Waals surface area contributed by atoms with E-state index >= 15 is 0 Å². The Morgan fingerprint density at radius 3 is 3.00 bits per heavy atom. The van der Waals surface area contributed by atoms with Crippen LogP contribution in [0.2, 0.25) is 0 Å². The molecule has 7 nitrogen and oxygen atoms in total. The molecule has 2 saturated heterocycles. The molecule has 2 fully saturated rings. The Hall–Kier alpha value is -2.67. The zero-order chi connectivity index (χ0) is 18.8. The van der Waals surface area contributed by atoms with Crippen molar-refractivity contribution in [1.29, 1.82) is 0 Å². The minimum absolute atomic E-state index is 0.147. The molecule has 1 aromatic carbocycles. The molecule has 2 aliphatic rings. The van der Waals surface area contributed by atoms with Crippen LogP contribution in [0.4, 0.5) is 5.95 Å². The molecule has 0 bridgehead atoms. The van der Waals surface area contributed by atoms with Gasteiger partial charge in [0.1, 0.15) is 11.3 Å². The normalized spacial score (nSPS) is 19.7. The minimum atomic E-state index is -1.01. The van der Waals surface area contributed by atoms with Gasteiger partial charge < -0.3 is 14.7 Å². The van der Waals surface area contributed by atoms with E-state index in [0.717, 1.165) is 30.9 Å². The molecule has 142 valence electrons. The van der Waals surface area contributed by atoms with E-state index in [-0.39, 0.29) is 5.56 Å². The molecule has 2 aliphatic heterocycles. The molecule has 0 saturated carbocycles. The average molecular weight is 368 g/mol. The minimum Gasteiger partial charge on any atom is -0.493 e. The first-order valence-corrected chi connectivity index (χ1v) is 9.48. The van der Waals surface area contributed by atoms with Gasteiger partial charge in [-0.05, 0) is 50.6 Å². The predicted molar refractivity (Wildman–Crippen MR) is 102 cm³/mol. The maximum Gasteiger partial charge on any atom is 0.339 e. The van der Waals surface area contributed by atoms with Gasteiger partial charge in [-0.3, -0.25) is 4.90 Å². The lowest BCUT2D eigenvalue weighted by molar-refractivity contribution is 0.0692. The van der Waals surface area contributed by atoms with Crippen molar-refractivity contribution in [2.24, 2.45) is 0 Å². The fourth-order valence-corrected chi connectivity index (χ4v) is 3.97. The number of piperazine rings is 1. The third kappa shape index (κ3) is 3.60. The summed E-state index contributed by atoms with van der Waals surface area (Å²) in [5.41, 5.74) is 1.62. The van der Waals surface area contributed by atoms with Crippen molar-refractivity contribution in [3.05, 3.63) is 36.0 Å². The monoisotopic (exact) mass is 368 g/mol. The van der Waals surface area contributed by atoms with E-state index in [1.165, 1.54) is 19.4 Å². The van der Waals surface area contributed by atoms with Crippen LogP contribution in [0.25, 0.3) is 11.3 Å². The van der Waals surface area contributed by atoms with Crippen molar-refractivity contribution in [2.45, 2.75) is 25.8 Å². The number of fused-ring (bicyclic) bond motifs is 1. The molecule has 1 aromatic heterocycles. The first kappa shape index (κ1) is 17.7. The summed E-state index contributed by atoms with van der Waals surface area (Å²) in [4.78, 5) is 25.5. The highest BCUT2D eigenvalue weighted by atomic mass is 16.5. The second-order valence-electron chi connectivity index (χ2n) is 6.97. The second kappa shape index (κ2) is 7.52.